The number of amides is 1. The van der Waals surface area contributed by atoms with Gasteiger partial charge in [-0.1, -0.05) is 24.3 Å². The van der Waals surface area contributed by atoms with E-state index in [-0.39, 0.29) is 24.2 Å². The van der Waals surface area contributed by atoms with Gasteiger partial charge in [-0.25, -0.2) is 4.39 Å². The van der Waals surface area contributed by atoms with E-state index in [0.29, 0.717) is 18.5 Å². The van der Waals surface area contributed by atoms with Crippen molar-refractivity contribution < 1.29 is 13.9 Å². The second-order valence-electron chi connectivity index (χ2n) is 6.43. The first-order valence-electron chi connectivity index (χ1n) is 8.63. The molecule has 1 aromatic heterocycles. The van der Waals surface area contributed by atoms with Crippen LogP contribution in [0.3, 0.4) is 0 Å². The molecule has 2 aromatic rings. The van der Waals surface area contributed by atoms with E-state index in [1.807, 2.05) is 29.2 Å². The molecule has 0 N–H and O–H groups in total. The molecule has 1 aliphatic rings. The monoisotopic (exact) mass is 342 g/mol. The smallest absolute Gasteiger partial charge is 0.248 e. The lowest BCUT2D eigenvalue weighted by Gasteiger charge is -2.32. The lowest BCUT2D eigenvalue weighted by Crippen LogP contribution is -2.41. The summed E-state index contributed by atoms with van der Waals surface area (Å²) in [5.74, 6) is 0.0357. The molecule has 0 unspecified atom stereocenters. The SMILES string of the molecule is COCC(=O)N1CCC[C@H](c2cccc(Cc3ccccc3F)n2)C1. The maximum Gasteiger partial charge on any atom is 0.248 e. The number of carbonyl (C=O) groups excluding carboxylic acids is 1. The molecule has 1 aliphatic heterocycles. The summed E-state index contributed by atoms with van der Waals surface area (Å²) in [4.78, 5) is 18.6. The fourth-order valence-corrected chi connectivity index (χ4v) is 3.32. The molecule has 2 heterocycles. The molecule has 1 fully saturated rings. The van der Waals surface area contributed by atoms with E-state index in [0.717, 1.165) is 30.8 Å². The number of piperidine rings is 1. The number of benzene rings is 1. The zero-order valence-electron chi connectivity index (χ0n) is 14.5. The van der Waals surface area contributed by atoms with E-state index in [1.54, 1.807) is 12.1 Å². The number of carbonyl (C=O) groups is 1. The van der Waals surface area contributed by atoms with Crippen LogP contribution in [0.2, 0.25) is 0 Å². The Morgan fingerprint density at radius 3 is 2.92 bits per heavy atom. The summed E-state index contributed by atoms with van der Waals surface area (Å²) >= 11 is 0. The number of nitrogens with zero attached hydrogens (tertiary/aromatic N) is 2. The molecule has 1 amide bonds. The van der Waals surface area contributed by atoms with Crippen LogP contribution in [0.25, 0.3) is 0 Å². The second-order valence-corrected chi connectivity index (χ2v) is 6.43. The predicted molar refractivity (Wildman–Crippen MR) is 93.9 cm³/mol. The van der Waals surface area contributed by atoms with E-state index in [4.69, 9.17) is 9.72 Å². The molecular formula is C20H23FN2O2. The predicted octanol–water partition coefficient (Wildman–Crippen LogP) is 3.16. The van der Waals surface area contributed by atoms with Gasteiger partial charge in [0.1, 0.15) is 12.4 Å². The number of pyridine rings is 1. The Morgan fingerprint density at radius 2 is 2.12 bits per heavy atom. The van der Waals surface area contributed by atoms with Gasteiger partial charge in [0.05, 0.1) is 0 Å². The summed E-state index contributed by atoms with van der Waals surface area (Å²) in [6.45, 7) is 1.55. The molecule has 3 rings (SSSR count). The molecule has 132 valence electrons. The highest BCUT2D eigenvalue weighted by molar-refractivity contribution is 5.77. The van der Waals surface area contributed by atoms with Gasteiger partial charge in [0.15, 0.2) is 0 Å². The minimum Gasteiger partial charge on any atom is -0.375 e. The Kier molecular flexibility index (Phi) is 5.76. The average Bonchev–Trinajstić information content (AvgIpc) is 2.64. The van der Waals surface area contributed by atoms with Crippen molar-refractivity contribution in [2.24, 2.45) is 0 Å². The summed E-state index contributed by atoms with van der Waals surface area (Å²) < 4.78 is 18.8. The molecule has 0 radical (unpaired) electrons. The van der Waals surface area contributed by atoms with Crippen LogP contribution in [0.1, 0.15) is 35.7 Å². The van der Waals surface area contributed by atoms with Crippen molar-refractivity contribution >= 4 is 5.91 Å². The van der Waals surface area contributed by atoms with Gasteiger partial charge in [0.2, 0.25) is 5.91 Å². The van der Waals surface area contributed by atoms with Crippen molar-refractivity contribution in [3.8, 4) is 0 Å². The Morgan fingerprint density at radius 1 is 1.28 bits per heavy atom. The van der Waals surface area contributed by atoms with Crippen molar-refractivity contribution in [3.63, 3.8) is 0 Å². The first kappa shape index (κ1) is 17.5. The summed E-state index contributed by atoms with van der Waals surface area (Å²) in [5.41, 5.74) is 2.47. The van der Waals surface area contributed by atoms with Crippen LogP contribution in [0.15, 0.2) is 42.5 Å². The Hall–Kier alpha value is -2.27. The van der Waals surface area contributed by atoms with Crippen LogP contribution >= 0.6 is 0 Å². The molecule has 25 heavy (non-hydrogen) atoms. The first-order valence-corrected chi connectivity index (χ1v) is 8.63. The third-order valence-electron chi connectivity index (χ3n) is 4.62. The highest BCUT2D eigenvalue weighted by Gasteiger charge is 2.25. The van der Waals surface area contributed by atoms with Crippen LogP contribution in [0.4, 0.5) is 4.39 Å². The first-order chi connectivity index (χ1) is 12.2. The molecule has 1 saturated heterocycles. The van der Waals surface area contributed by atoms with Gasteiger partial charge in [-0.05, 0) is 36.6 Å². The fourth-order valence-electron chi connectivity index (χ4n) is 3.32. The number of ether oxygens (including phenoxy) is 1. The van der Waals surface area contributed by atoms with Gasteiger partial charge in [-0.3, -0.25) is 9.78 Å². The second kappa shape index (κ2) is 8.21. The normalized spacial score (nSPS) is 17.5. The zero-order chi connectivity index (χ0) is 17.6. The third kappa shape index (κ3) is 4.42. The molecule has 0 spiro atoms. The molecular weight excluding hydrogens is 319 g/mol. The van der Waals surface area contributed by atoms with Crippen molar-refractivity contribution in [2.75, 3.05) is 26.8 Å². The molecule has 1 aromatic carbocycles. The molecule has 5 heteroatoms. The van der Waals surface area contributed by atoms with E-state index in [1.165, 1.54) is 13.2 Å². The maximum atomic E-state index is 13.9. The average molecular weight is 342 g/mol. The van der Waals surface area contributed by atoms with E-state index < -0.39 is 0 Å². The summed E-state index contributed by atoms with van der Waals surface area (Å²) in [7, 11) is 1.53. The quantitative estimate of drug-likeness (QED) is 0.838. The molecule has 0 aliphatic carbocycles. The van der Waals surface area contributed by atoms with Gasteiger partial charge in [-0.15, -0.1) is 0 Å². The van der Waals surface area contributed by atoms with Crippen LogP contribution in [-0.4, -0.2) is 42.6 Å². The van der Waals surface area contributed by atoms with Gasteiger partial charge >= 0.3 is 0 Å². The molecule has 1 atom stereocenters. The van der Waals surface area contributed by atoms with E-state index >= 15 is 0 Å². The van der Waals surface area contributed by atoms with E-state index in [9.17, 15) is 9.18 Å². The summed E-state index contributed by atoms with van der Waals surface area (Å²) in [5, 5.41) is 0. The zero-order valence-corrected chi connectivity index (χ0v) is 14.5. The Bertz CT molecular complexity index is 735. The van der Waals surface area contributed by atoms with Crippen LogP contribution in [-0.2, 0) is 16.0 Å². The number of methoxy groups -OCH3 is 1. The maximum absolute atomic E-state index is 13.9. The lowest BCUT2D eigenvalue weighted by atomic mass is 9.94. The van der Waals surface area contributed by atoms with Crippen LogP contribution in [0.5, 0.6) is 0 Å². The number of halogens is 1. The standard InChI is InChI=1S/C20H23FN2O2/c1-25-14-20(24)23-11-5-7-16(13-23)19-10-4-8-17(22-19)12-15-6-2-3-9-18(15)21/h2-4,6,8-10,16H,5,7,11-14H2,1H3/t16-/m0/s1. The van der Waals surface area contributed by atoms with Crippen LogP contribution < -0.4 is 0 Å². The van der Waals surface area contributed by atoms with Crippen molar-refractivity contribution in [1.29, 1.82) is 0 Å². The van der Waals surface area contributed by atoms with Gasteiger partial charge in [0, 0.05) is 43.9 Å². The number of aromatic nitrogens is 1. The van der Waals surface area contributed by atoms with Crippen molar-refractivity contribution in [3.05, 3.63) is 65.2 Å². The number of rotatable bonds is 5. The minimum absolute atomic E-state index is 0.0229. The molecule has 0 saturated carbocycles. The number of likely N-dealkylation sites (tertiary alicyclic amines) is 1. The number of hydrogen-bond acceptors (Lipinski definition) is 3. The van der Waals surface area contributed by atoms with Crippen molar-refractivity contribution in [1.82, 2.24) is 9.88 Å². The Labute approximate surface area is 147 Å². The van der Waals surface area contributed by atoms with Crippen molar-refractivity contribution in [2.45, 2.75) is 25.2 Å². The van der Waals surface area contributed by atoms with E-state index in [2.05, 4.69) is 0 Å². The Balaban J connectivity index is 1.72. The van der Waals surface area contributed by atoms with Gasteiger partial charge < -0.3 is 9.64 Å². The topological polar surface area (TPSA) is 42.4 Å². The van der Waals surface area contributed by atoms with Gasteiger partial charge in [-0.2, -0.15) is 0 Å². The third-order valence-corrected chi connectivity index (χ3v) is 4.62. The molecule has 0 bridgehead atoms. The summed E-state index contributed by atoms with van der Waals surface area (Å²) in [6.07, 6.45) is 2.44. The highest BCUT2D eigenvalue weighted by atomic mass is 19.1. The van der Waals surface area contributed by atoms with Gasteiger partial charge in [0.25, 0.3) is 0 Å². The molecule has 4 nitrogen and oxygen atoms in total. The largest absolute Gasteiger partial charge is 0.375 e. The van der Waals surface area contributed by atoms with Crippen LogP contribution in [0, 0.1) is 5.82 Å². The number of hydrogen-bond donors (Lipinski definition) is 0. The highest BCUT2D eigenvalue weighted by Crippen LogP contribution is 2.26. The lowest BCUT2D eigenvalue weighted by molar-refractivity contribution is -0.136. The summed E-state index contributed by atoms with van der Waals surface area (Å²) in [6, 6.07) is 12.7. The minimum atomic E-state index is -0.205. The fraction of sp³-hybridized carbons (Fsp3) is 0.400.